The first-order valence-corrected chi connectivity index (χ1v) is 10.9. The summed E-state index contributed by atoms with van der Waals surface area (Å²) in [6.45, 7) is 5.30. The van der Waals surface area contributed by atoms with E-state index in [0.717, 1.165) is 48.7 Å². The van der Waals surface area contributed by atoms with Crippen molar-refractivity contribution in [1.82, 2.24) is 24.4 Å². The van der Waals surface area contributed by atoms with E-state index in [4.69, 9.17) is 4.98 Å². The zero-order chi connectivity index (χ0) is 20.5. The fraction of sp³-hybridized carbons (Fsp3) is 0.500. The monoisotopic (exact) mass is 407 g/mol. The molecule has 0 aromatic carbocycles. The van der Waals surface area contributed by atoms with E-state index in [0.29, 0.717) is 12.0 Å². The minimum Gasteiger partial charge on any atom is -0.379 e. The number of fused-ring (bicyclic) bond motifs is 1. The van der Waals surface area contributed by atoms with Crippen LogP contribution in [0.25, 0.3) is 11.0 Å². The highest BCUT2D eigenvalue weighted by molar-refractivity contribution is 5.77. The number of rotatable bonds is 5. The molecule has 1 saturated heterocycles. The predicted molar refractivity (Wildman–Crippen MR) is 118 cm³/mol. The zero-order valence-corrected chi connectivity index (χ0v) is 17.4. The molecule has 2 aliphatic rings. The highest BCUT2D eigenvalue weighted by atomic mass is 16.3. The van der Waals surface area contributed by atoms with Crippen LogP contribution in [0.3, 0.4) is 0 Å². The molecule has 0 spiro atoms. The molecule has 1 atom stereocenters. The van der Waals surface area contributed by atoms with Gasteiger partial charge in [-0.25, -0.2) is 9.97 Å². The maximum atomic E-state index is 9.71. The second-order valence-corrected chi connectivity index (χ2v) is 8.32. The number of piperazine rings is 1. The van der Waals surface area contributed by atoms with Gasteiger partial charge in [-0.15, -0.1) is 0 Å². The maximum Gasteiger partial charge on any atom is 0.230 e. The standard InChI is InChI=1S/C22H29N7O/c1-16(30)27-10-12-28(13-11-27)19-6-7-20(23-15-19)25-22-24-14-17-8-9-29(21(17)26-22)18-4-2-3-5-18/h6-9,14-16,18,30H,2-5,10-13H2,1H3,(H,23,24,25,26). The molecular formula is C22H29N7O. The van der Waals surface area contributed by atoms with Gasteiger partial charge in [0.05, 0.1) is 11.9 Å². The van der Waals surface area contributed by atoms with E-state index >= 15 is 0 Å². The number of nitrogens with one attached hydrogen (secondary N) is 1. The fourth-order valence-corrected chi connectivity index (χ4v) is 4.59. The molecule has 1 aliphatic carbocycles. The first-order chi connectivity index (χ1) is 14.7. The summed E-state index contributed by atoms with van der Waals surface area (Å²) in [5, 5.41) is 14.0. The van der Waals surface area contributed by atoms with Crippen molar-refractivity contribution in [2.45, 2.75) is 44.9 Å². The Kier molecular flexibility index (Phi) is 5.26. The lowest BCUT2D eigenvalue weighted by Gasteiger charge is -2.37. The Balaban J connectivity index is 1.28. The van der Waals surface area contributed by atoms with Gasteiger partial charge in [0.25, 0.3) is 0 Å². The number of pyridine rings is 1. The molecule has 3 aromatic heterocycles. The van der Waals surface area contributed by atoms with Crippen molar-refractivity contribution in [2.24, 2.45) is 0 Å². The van der Waals surface area contributed by atoms with Gasteiger partial charge in [0.2, 0.25) is 5.95 Å². The third-order valence-electron chi connectivity index (χ3n) is 6.37. The molecule has 2 N–H and O–H groups in total. The van der Waals surface area contributed by atoms with Crippen LogP contribution in [-0.2, 0) is 0 Å². The van der Waals surface area contributed by atoms with Gasteiger partial charge in [-0.2, -0.15) is 4.98 Å². The summed E-state index contributed by atoms with van der Waals surface area (Å²) in [4.78, 5) is 18.2. The average Bonchev–Trinajstić information content (AvgIpc) is 3.44. The van der Waals surface area contributed by atoms with Crippen LogP contribution in [0, 0.1) is 0 Å². The van der Waals surface area contributed by atoms with E-state index in [1.165, 1.54) is 25.7 Å². The second-order valence-electron chi connectivity index (χ2n) is 8.32. The molecule has 0 bridgehead atoms. The first-order valence-electron chi connectivity index (χ1n) is 10.9. The highest BCUT2D eigenvalue weighted by Crippen LogP contribution is 2.32. The largest absolute Gasteiger partial charge is 0.379 e. The fourth-order valence-electron chi connectivity index (χ4n) is 4.59. The van der Waals surface area contributed by atoms with Gasteiger partial charge in [-0.1, -0.05) is 12.8 Å². The van der Waals surface area contributed by atoms with Gasteiger partial charge < -0.3 is 19.9 Å². The van der Waals surface area contributed by atoms with Crippen molar-refractivity contribution in [2.75, 3.05) is 36.4 Å². The molecule has 8 nitrogen and oxygen atoms in total. The molecular weight excluding hydrogens is 378 g/mol. The van der Waals surface area contributed by atoms with Crippen molar-refractivity contribution in [3.63, 3.8) is 0 Å². The lowest BCUT2D eigenvalue weighted by molar-refractivity contribution is 0.0153. The SMILES string of the molecule is CC(O)N1CCN(c2ccc(Nc3ncc4ccn(C5CCCC5)c4n3)nc2)CC1. The van der Waals surface area contributed by atoms with Gasteiger partial charge >= 0.3 is 0 Å². The Hall–Kier alpha value is -2.71. The van der Waals surface area contributed by atoms with Crippen LogP contribution in [0.4, 0.5) is 17.5 Å². The van der Waals surface area contributed by atoms with Crippen LogP contribution in [0.2, 0.25) is 0 Å². The average molecular weight is 408 g/mol. The Morgan fingerprint density at radius 3 is 2.53 bits per heavy atom. The highest BCUT2D eigenvalue weighted by Gasteiger charge is 2.21. The van der Waals surface area contributed by atoms with E-state index in [1.807, 2.05) is 25.4 Å². The van der Waals surface area contributed by atoms with Crippen molar-refractivity contribution >= 4 is 28.5 Å². The van der Waals surface area contributed by atoms with Crippen LogP contribution in [0.1, 0.15) is 38.6 Å². The molecule has 1 unspecified atom stereocenters. The third-order valence-corrected chi connectivity index (χ3v) is 6.37. The van der Waals surface area contributed by atoms with Gasteiger partial charge in [0, 0.05) is 50.0 Å². The molecule has 0 radical (unpaired) electrons. The summed E-state index contributed by atoms with van der Waals surface area (Å²) in [6, 6.07) is 6.70. The molecule has 1 saturated carbocycles. The Morgan fingerprint density at radius 1 is 1.03 bits per heavy atom. The molecule has 1 aliphatic heterocycles. The number of aliphatic hydroxyl groups excluding tert-OH is 1. The quantitative estimate of drug-likeness (QED) is 0.672. The van der Waals surface area contributed by atoms with E-state index in [9.17, 15) is 5.11 Å². The molecule has 30 heavy (non-hydrogen) atoms. The Bertz CT molecular complexity index is 986. The topological polar surface area (TPSA) is 82.3 Å². The summed E-state index contributed by atoms with van der Waals surface area (Å²) in [5.74, 6) is 1.31. The number of aromatic nitrogens is 4. The predicted octanol–water partition coefficient (Wildman–Crippen LogP) is 3.15. The number of hydrogen-bond donors (Lipinski definition) is 2. The van der Waals surface area contributed by atoms with Crippen molar-refractivity contribution in [3.8, 4) is 0 Å². The van der Waals surface area contributed by atoms with Crippen molar-refractivity contribution in [3.05, 3.63) is 36.8 Å². The van der Waals surface area contributed by atoms with Crippen LogP contribution >= 0.6 is 0 Å². The zero-order valence-electron chi connectivity index (χ0n) is 17.4. The summed E-state index contributed by atoms with van der Waals surface area (Å²) in [5.41, 5.74) is 2.09. The van der Waals surface area contributed by atoms with Gasteiger partial charge in [0.1, 0.15) is 17.7 Å². The van der Waals surface area contributed by atoms with Gasteiger partial charge in [-0.3, -0.25) is 4.90 Å². The number of aliphatic hydroxyl groups is 1. The minimum absolute atomic E-state index is 0.385. The first kappa shape index (κ1) is 19.3. The lowest BCUT2D eigenvalue weighted by Crippen LogP contribution is -2.49. The van der Waals surface area contributed by atoms with E-state index in [-0.39, 0.29) is 6.23 Å². The molecule has 3 aromatic rings. The minimum atomic E-state index is -0.385. The number of anilines is 3. The Morgan fingerprint density at radius 2 is 1.83 bits per heavy atom. The third kappa shape index (κ3) is 3.85. The van der Waals surface area contributed by atoms with Crippen molar-refractivity contribution in [1.29, 1.82) is 0 Å². The summed E-state index contributed by atoms with van der Waals surface area (Å²) in [7, 11) is 0. The van der Waals surface area contributed by atoms with Crippen LogP contribution in [-0.4, -0.2) is 61.9 Å². The lowest BCUT2D eigenvalue weighted by atomic mass is 10.2. The summed E-state index contributed by atoms with van der Waals surface area (Å²) < 4.78 is 2.30. The molecule has 5 rings (SSSR count). The maximum absolute atomic E-state index is 9.71. The normalized spacial score (nSPS) is 19.5. The molecule has 4 heterocycles. The Labute approximate surface area is 176 Å². The van der Waals surface area contributed by atoms with Crippen LogP contribution < -0.4 is 10.2 Å². The van der Waals surface area contributed by atoms with Gasteiger partial charge in [0.15, 0.2) is 0 Å². The summed E-state index contributed by atoms with van der Waals surface area (Å²) in [6.07, 6.45) is 10.6. The number of hydrogen-bond acceptors (Lipinski definition) is 7. The molecule has 158 valence electrons. The number of nitrogens with zero attached hydrogens (tertiary/aromatic N) is 6. The molecule has 2 fully saturated rings. The smallest absolute Gasteiger partial charge is 0.230 e. The van der Waals surface area contributed by atoms with Crippen molar-refractivity contribution < 1.29 is 5.11 Å². The van der Waals surface area contributed by atoms with Gasteiger partial charge in [-0.05, 0) is 38.0 Å². The van der Waals surface area contributed by atoms with Crippen LogP contribution in [0.5, 0.6) is 0 Å². The van der Waals surface area contributed by atoms with E-state index in [2.05, 4.69) is 48.0 Å². The molecule has 8 heteroatoms. The molecule has 0 amide bonds. The van der Waals surface area contributed by atoms with E-state index < -0.39 is 0 Å². The van der Waals surface area contributed by atoms with Crippen LogP contribution in [0.15, 0.2) is 36.8 Å². The summed E-state index contributed by atoms with van der Waals surface area (Å²) >= 11 is 0. The second kappa shape index (κ2) is 8.20. The van der Waals surface area contributed by atoms with E-state index in [1.54, 1.807) is 0 Å².